The van der Waals surface area contributed by atoms with Gasteiger partial charge in [-0.3, -0.25) is 9.59 Å². The summed E-state index contributed by atoms with van der Waals surface area (Å²) >= 11 is 1.52. The van der Waals surface area contributed by atoms with Gasteiger partial charge in [-0.05, 0) is 56.0 Å². The molecule has 8 heteroatoms. The zero-order valence-corrected chi connectivity index (χ0v) is 21.3. The number of carbonyl (C=O) groups is 3. The summed E-state index contributed by atoms with van der Waals surface area (Å²) in [6.07, 6.45) is 0.507. The first-order valence-electron chi connectivity index (χ1n) is 11.4. The van der Waals surface area contributed by atoms with Gasteiger partial charge in [0, 0.05) is 26.7 Å². The maximum absolute atomic E-state index is 13.7. The van der Waals surface area contributed by atoms with Gasteiger partial charge >= 0.3 is 11.9 Å². The number of Topliss-reactive ketones (excluding diaryl/α,β-unsaturated/α-hetero) is 1. The molecule has 0 fully saturated rings. The topological polar surface area (TPSA) is 90.9 Å². The number of thiophene rings is 1. The van der Waals surface area contributed by atoms with E-state index in [2.05, 4.69) is 5.32 Å². The normalized spacial score (nSPS) is 21.9. The minimum absolute atomic E-state index is 0.0808. The molecular weight excluding hydrogens is 466 g/mol. The van der Waals surface area contributed by atoms with E-state index in [4.69, 9.17) is 14.2 Å². The largest absolute Gasteiger partial charge is 0.497 e. The summed E-state index contributed by atoms with van der Waals surface area (Å²) in [6, 6.07) is 11.2. The van der Waals surface area contributed by atoms with E-state index in [0.29, 0.717) is 29.0 Å². The lowest BCUT2D eigenvalue weighted by molar-refractivity contribution is -0.151. The Morgan fingerprint density at radius 1 is 1.09 bits per heavy atom. The average Bonchev–Trinajstić information content (AvgIpc) is 3.27. The van der Waals surface area contributed by atoms with Crippen LogP contribution >= 0.6 is 11.3 Å². The van der Waals surface area contributed by atoms with Crippen molar-refractivity contribution < 1.29 is 28.6 Å². The Morgan fingerprint density at radius 3 is 2.40 bits per heavy atom. The van der Waals surface area contributed by atoms with Crippen LogP contribution in [0.15, 0.2) is 58.9 Å². The van der Waals surface area contributed by atoms with Crippen molar-refractivity contribution in [1.82, 2.24) is 5.32 Å². The summed E-state index contributed by atoms with van der Waals surface area (Å²) in [4.78, 5) is 41.6. The van der Waals surface area contributed by atoms with Crippen molar-refractivity contribution >= 4 is 29.1 Å². The second kappa shape index (κ2) is 10.1. The lowest BCUT2D eigenvalue weighted by atomic mass is 9.70. The third kappa shape index (κ3) is 4.75. The molecule has 0 radical (unpaired) electrons. The summed E-state index contributed by atoms with van der Waals surface area (Å²) in [5.41, 5.74) is 3.05. The number of ketones is 1. The van der Waals surface area contributed by atoms with Crippen molar-refractivity contribution in [2.45, 2.75) is 39.7 Å². The minimum Gasteiger partial charge on any atom is -0.497 e. The first kappa shape index (κ1) is 24.7. The van der Waals surface area contributed by atoms with Crippen LogP contribution in [0.2, 0.25) is 0 Å². The molecule has 1 aromatic heterocycles. The Bertz CT molecular complexity index is 1220. The highest BCUT2D eigenvalue weighted by Crippen LogP contribution is 2.47. The zero-order chi connectivity index (χ0) is 25.3. The van der Waals surface area contributed by atoms with Crippen LogP contribution in [0.25, 0.3) is 0 Å². The minimum atomic E-state index is -0.904. The first-order valence-corrected chi connectivity index (χ1v) is 12.3. The van der Waals surface area contributed by atoms with E-state index in [1.165, 1.54) is 18.4 Å². The van der Waals surface area contributed by atoms with Crippen molar-refractivity contribution in [3.05, 3.63) is 74.3 Å². The maximum Gasteiger partial charge on any atom is 0.337 e. The lowest BCUT2D eigenvalue weighted by Gasteiger charge is -2.37. The maximum atomic E-state index is 13.7. The van der Waals surface area contributed by atoms with Gasteiger partial charge in [0.2, 0.25) is 0 Å². The van der Waals surface area contributed by atoms with Crippen molar-refractivity contribution in [3.8, 4) is 5.75 Å². The molecule has 2 heterocycles. The number of methoxy groups -OCH3 is 2. The van der Waals surface area contributed by atoms with Crippen LogP contribution in [0, 0.1) is 18.8 Å². The number of ether oxygens (including phenoxy) is 3. The van der Waals surface area contributed by atoms with Crippen LogP contribution in [0.5, 0.6) is 5.75 Å². The fourth-order valence-electron chi connectivity index (χ4n) is 4.79. The number of hydrogen-bond acceptors (Lipinski definition) is 8. The molecule has 0 spiro atoms. The summed E-state index contributed by atoms with van der Waals surface area (Å²) < 4.78 is 15.8. The summed E-state index contributed by atoms with van der Waals surface area (Å²) in [5.74, 6) is -2.38. The van der Waals surface area contributed by atoms with Gasteiger partial charge in [-0.2, -0.15) is 0 Å². The molecule has 0 saturated carbocycles. The summed E-state index contributed by atoms with van der Waals surface area (Å²) in [7, 11) is 2.88. The van der Waals surface area contributed by atoms with Crippen LogP contribution in [0.4, 0.5) is 0 Å². The van der Waals surface area contributed by atoms with E-state index in [9.17, 15) is 14.4 Å². The number of nitrogens with one attached hydrogen (secondary N) is 1. The number of allylic oxidation sites excluding steroid dienone is 3. The molecule has 35 heavy (non-hydrogen) atoms. The van der Waals surface area contributed by atoms with Crippen LogP contribution in [0.1, 0.15) is 41.5 Å². The highest BCUT2D eigenvalue weighted by molar-refractivity contribution is 7.12. The average molecular weight is 496 g/mol. The Morgan fingerprint density at radius 2 is 1.80 bits per heavy atom. The van der Waals surface area contributed by atoms with Gasteiger partial charge in [0.1, 0.15) is 18.3 Å². The second-order valence-corrected chi connectivity index (χ2v) is 10.2. The predicted octanol–water partition coefficient (Wildman–Crippen LogP) is 4.42. The van der Waals surface area contributed by atoms with Crippen molar-refractivity contribution in [2.75, 3.05) is 14.2 Å². The first-order chi connectivity index (χ1) is 16.7. The third-order valence-electron chi connectivity index (χ3n) is 6.54. The van der Waals surface area contributed by atoms with Gasteiger partial charge in [0.25, 0.3) is 0 Å². The number of carbonyl (C=O) groups excluding carboxylic acids is 3. The second-order valence-electron chi connectivity index (χ2n) is 8.91. The van der Waals surface area contributed by atoms with E-state index in [1.54, 1.807) is 19.2 Å². The molecule has 1 N–H and O–H groups in total. The van der Waals surface area contributed by atoms with Gasteiger partial charge in [0.05, 0.1) is 25.7 Å². The van der Waals surface area contributed by atoms with Crippen molar-refractivity contribution in [1.29, 1.82) is 0 Å². The van der Waals surface area contributed by atoms with E-state index in [1.807, 2.05) is 45.0 Å². The van der Waals surface area contributed by atoms with E-state index < -0.39 is 23.8 Å². The van der Waals surface area contributed by atoms with E-state index in [0.717, 1.165) is 21.0 Å². The van der Waals surface area contributed by atoms with Gasteiger partial charge < -0.3 is 19.5 Å². The van der Waals surface area contributed by atoms with Gasteiger partial charge in [0.15, 0.2) is 5.78 Å². The Kier molecular flexibility index (Phi) is 7.12. The van der Waals surface area contributed by atoms with E-state index in [-0.39, 0.29) is 18.3 Å². The molecule has 4 rings (SSSR count). The molecule has 1 aromatic carbocycles. The predicted molar refractivity (Wildman–Crippen MR) is 132 cm³/mol. The Labute approximate surface area is 208 Å². The molecule has 2 aliphatic rings. The zero-order valence-electron chi connectivity index (χ0n) is 20.5. The fourth-order valence-corrected chi connectivity index (χ4v) is 5.79. The highest BCUT2D eigenvalue weighted by atomic mass is 32.1. The molecule has 3 atom stereocenters. The Balaban J connectivity index is 1.69. The van der Waals surface area contributed by atoms with Crippen LogP contribution in [0.3, 0.4) is 0 Å². The molecular formula is C27H29NO6S. The molecule has 184 valence electrons. The fraction of sp³-hybridized carbons (Fsp3) is 0.370. The molecule has 0 unspecified atom stereocenters. The molecule has 0 saturated heterocycles. The number of esters is 2. The number of rotatable bonds is 6. The molecule has 0 bridgehead atoms. The highest BCUT2D eigenvalue weighted by Gasteiger charge is 2.47. The van der Waals surface area contributed by atoms with Gasteiger partial charge in [-0.1, -0.05) is 19.1 Å². The molecule has 1 aliphatic carbocycles. The summed E-state index contributed by atoms with van der Waals surface area (Å²) in [5, 5.41) is 3.28. The number of benzene rings is 1. The lowest BCUT2D eigenvalue weighted by Crippen LogP contribution is -2.43. The number of hydrogen-bond donors (Lipinski definition) is 1. The van der Waals surface area contributed by atoms with Crippen LogP contribution in [-0.4, -0.2) is 31.9 Å². The number of dihydropyridines is 1. The van der Waals surface area contributed by atoms with Crippen LogP contribution in [-0.2, 0) is 30.5 Å². The van der Waals surface area contributed by atoms with Gasteiger partial charge in [-0.15, -0.1) is 11.3 Å². The van der Waals surface area contributed by atoms with Crippen molar-refractivity contribution in [2.24, 2.45) is 11.8 Å². The van der Waals surface area contributed by atoms with E-state index >= 15 is 0 Å². The standard InChI is InChI=1S/C27H29NO6S/c1-14-12-19-23(25(29)21(14)26(30)33-5)24(20-11-6-15(2)35-20)22(16(3)28-19)27(31)34-13-17-7-9-18(32-4)10-8-17/h6-11,14,21,24,28H,12-13H2,1-5H3/t14-,21-,24-/m0/s1. The number of aryl methyl sites for hydroxylation is 1. The smallest absolute Gasteiger partial charge is 0.337 e. The molecule has 7 nitrogen and oxygen atoms in total. The van der Waals surface area contributed by atoms with Gasteiger partial charge in [-0.25, -0.2) is 4.79 Å². The van der Waals surface area contributed by atoms with Crippen LogP contribution < -0.4 is 10.1 Å². The SMILES string of the molecule is COC(=O)[C@@H]1C(=O)C2=C(C[C@@H]1C)NC(C)=C(C(=O)OCc1ccc(OC)cc1)[C@@H]2c1ccc(C)s1. The third-order valence-corrected chi connectivity index (χ3v) is 7.60. The Hall–Kier alpha value is -3.39. The van der Waals surface area contributed by atoms with Crippen molar-refractivity contribution in [3.63, 3.8) is 0 Å². The molecule has 0 amide bonds. The molecule has 1 aliphatic heterocycles. The monoisotopic (exact) mass is 495 g/mol. The molecule has 2 aromatic rings. The quantitative estimate of drug-likeness (QED) is 0.469. The summed E-state index contributed by atoms with van der Waals surface area (Å²) in [6.45, 7) is 5.75.